The van der Waals surface area contributed by atoms with Crippen LogP contribution in [0.25, 0.3) is 0 Å². The fraction of sp³-hybridized carbons (Fsp3) is 0.538. The van der Waals surface area contributed by atoms with Crippen LogP contribution in [-0.2, 0) is 5.54 Å². The highest BCUT2D eigenvalue weighted by atomic mass is 19.2. The van der Waals surface area contributed by atoms with Gasteiger partial charge in [-0.2, -0.15) is 4.39 Å². The predicted molar refractivity (Wildman–Crippen MR) is 64.1 cm³/mol. The minimum absolute atomic E-state index is 0.178. The highest BCUT2D eigenvalue weighted by Crippen LogP contribution is 2.43. The van der Waals surface area contributed by atoms with Crippen molar-refractivity contribution in [3.63, 3.8) is 0 Å². The number of benzene rings is 1. The van der Waals surface area contributed by atoms with E-state index >= 15 is 0 Å². The fourth-order valence-corrected chi connectivity index (χ4v) is 2.51. The van der Waals surface area contributed by atoms with Crippen LogP contribution in [0.1, 0.15) is 25.3 Å². The number of nitrogens with one attached hydrogen (secondary N) is 1. The van der Waals surface area contributed by atoms with Gasteiger partial charge in [0.05, 0.1) is 14.2 Å². The van der Waals surface area contributed by atoms with Crippen molar-refractivity contribution >= 4 is 0 Å². The third kappa shape index (κ3) is 1.92. The van der Waals surface area contributed by atoms with E-state index in [1.807, 2.05) is 6.92 Å². The summed E-state index contributed by atoms with van der Waals surface area (Å²) < 4.78 is 37.4. The van der Waals surface area contributed by atoms with Crippen LogP contribution in [0.15, 0.2) is 6.07 Å². The lowest BCUT2D eigenvalue weighted by Gasteiger charge is -2.28. The molecule has 1 aromatic carbocycles. The normalized spacial score (nSPS) is 23.2. The van der Waals surface area contributed by atoms with Crippen LogP contribution in [0.4, 0.5) is 8.78 Å². The fourth-order valence-electron chi connectivity index (χ4n) is 2.51. The standard InChI is InChI=1S/C13H17F2NO2/c1-13(5-4-6-16-13)8-7-9(14)10(15)12(18-3)11(8)17-2/h7,16H,4-6H2,1-3H3. The first kappa shape index (κ1) is 13.1. The largest absolute Gasteiger partial charge is 0.492 e. The molecular weight excluding hydrogens is 240 g/mol. The summed E-state index contributed by atoms with van der Waals surface area (Å²) in [6.07, 6.45) is 1.83. The summed E-state index contributed by atoms with van der Waals surface area (Å²) >= 11 is 0. The maximum Gasteiger partial charge on any atom is 0.204 e. The molecule has 2 rings (SSSR count). The van der Waals surface area contributed by atoms with Crippen molar-refractivity contribution in [2.24, 2.45) is 0 Å². The molecule has 1 heterocycles. The Morgan fingerprint density at radius 3 is 2.39 bits per heavy atom. The maximum absolute atomic E-state index is 13.6. The molecule has 0 saturated carbocycles. The molecule has 0 amide bonds. The third-order valence-corrected chi connectivity index (χ3v) is 3.50. The number of hydrogen-bond acceptors (Lipinski definition) is 3. The Hall–Kier alpha value is -1.36. The van der Waals surface area contributed by atoms with E-state index in [4.69, 9.17) is 9.47 Å². The van der Waals surface area contributed by atoms with E-state index in [2.05, 4.69) is 5.32 Å². The minimum atomic E-state index is -1.01. The summed E-state index contributed by atoms with van der Waals surface area (Å²) in [5, 5.41) is 3.30. The molecule has 1 unspecified atom stereocenters. The lowest BCUT2D eigenvalue weighted by Crippen LogP contribution is -2.34. The van der Waals surface area contributed by atoms with Gasteiger partial charge in [0, 0.05) is 11.1 Å². The molecule has 1 aliphatic rings. The Morgan fingerprint density at radius 2 is 1.89 bits per heavy atom. The highest BCUT2D eigenvalue weighted by Gasteiger charge is 2.36. The molecule has 0 aromatic heterocycles. The summed E-state index contributed by atoms with van der Waals surface area (Å²) in [5.74, 6) is -1.85. The quantitative estimate of drug-likeness (QED) is 0.902. The van der Waals surface area contributed by atoms with E-state index in [0.717, 1.165) is 19.4 Å². The third-order valence-electron chi connectivity index (χ3n) is 3.50. The van der Waals surface area contributed by atoms with Crippen LogP contribution in [0, 0.1) is 11.6 Å². The van der Waals surface area contributed by atoms with Gasteiger partial charge in [-0.05, 0) is 32.4 Å². The van der Waals surface area contributed by atoms with E-state index in [1.165, 1.54) is 20.3 Å². The minimum Gasteiger partial charge on any atom is -0.492 e. The van der Waals surface area contributed by atoms with Crippen LogP contribution >= 0.6 is 0 Å². The molecule has 1 aliphatic heterocycles. The molecule has 0 radical (unpaired) electrons. The Morgan fingerprint density at radius 1 is 1.22 bits per heavy atom. The smallest absolute Gasteiger partial charge is 0.204 e. The van der Waals surface area contributed by atoms with Gasteiger partial charge in [0.1, 0.15) is 0 Å². The van der Waals surface area contributed by atoms with E-state index < -0.39 is 17.2 Å². The molecule has 1 N–H and O–H groups in total. The van der Waals surface area contributed by atoms with Gasteiger partial charge in [-0.15, -0.1) is 0 Å². The number of ether oxygens (including phenoxy) is 2. The van der Waals surface area contributed by atoms with Crippen molar-refractivity contribution in [1.29, 1.82) is 0 Å². The maximum atomic E-state index is 13.6. The molecule has 1 saturated heterocycles. The summed E-state index contributed by atoms with van der Waals surface area (Å²) in [4.78, 5) is 0. The Kier molecular flexibility index (Phi) is 3.43. The first-order valence-electron chi connectivity index (χ1n) is 5.89. The van der Waals surface area contributed by atoms with Crippen LogP contribution in [0.2, 0.25) is 0 Å². The molecule has 3 nitrogen and oxygen atoms in total. The molecule has 0 bridgehead atoms. The average Bonchev–Trinajstić information content (AvgIpc) is 2.80. The van der Waals surface area contributed by atoms with Crippen molar-refractivity contribution in [3.05, 3.63) is 23.3 Å². The van der Waals surface area contributed by atoms with Gasteiger partial charge in [-0.1, -0.05) is 0 Å². The van der Waals surface area contributed by atoms with E-state index in [-0.39, 0.29) is 11.5 Å². The van der Waals surface area contributed by atoms with Crippen molar-refractivity contribution < 1.29 is 18.3 Å². The Labute approximate surface area is 105 Å². The van der Waals surface area contributed by atoms with E-state index in [1.54, 1.807) is 0 Å². The summed E-state index contributed by atoms with van der Waals surface area (Å²) in [7, 11) is 2.73. The zero-order valence-electron chi connectivity index (χ0n) is 10.8. The molecule has 5 heteroatoms. The number of methoxy groups -OCH3 is 2. The molecule has 0 aliphatic carbocycles. The summed E-state index contributed by atoms with van der Waals surface area (Å²) in [6, 6.07) is 1.19. The first-order valence-corrected chi connectivity index (χ1v) is 5.89. The van der Waals surface area contributed by atoms with Crippen molar-refractivity contribution in [3.8, 4) is 11.5 Å². The second-order valence-electron chi connectivity index (χ2n) is 4.65. The van der Waals surface area contributed by atoms with Gasteiger partial charge < -0.3 is 14.8 Å². The predicted octanol–water partition coefficient (Wildman–Crippen LogP) is 2.58. The lowest BCUT2D eigenvalue weighted by atomic mass is 9.89. The molecule has 1 atom stereocenters. The van der Waals surface area contributed by atoms with Crippen LogP contribution in [0.5, 0.6) is 11.5 Å². The van der Waals surface area contributed by atoms with Crippen LogP contribution < -0.4 is 14.8 Å². The summed E-state index contributed by atoms with van der Waals surface area (Å²) in [5.41, 5.74) is 0.186. The molecule has 18 heavy (non-hydrogen) atoms. The number of rotatable bonds is 3. The second-order valence-corrected chi connectivity index (χ2v) is 4.65. The van der Waals surface area contributed by atoms with Crippen molar-refractivity contribution in [1.82, 2.24) is 5.32 Å². The lowest BCUT2D eigenvalue weighted by molar-refractivity contribution is 0.311. The summed E-state index contributed by atoms with van der Waals surface area (Å²) in [6.45, 7) is 2.80. The van der Waals surface area contributed by atoms with Crippen LogP contribution in [0.3, 0.4) is 0 Å². The Bertz CT molecular complexity index is 457. The van der Waals surface area contributed by atoms with Gasteiger partial charge in [-0.25, -0.2) is 4.39 Å². The van der Waals surface area contributed by atoms with Gasteiger partial charge in [0.2, 0.25) is 5.82 Å². The average molecular weight is 257 g/mol. The van der Waals surface area contributed by atoms with E-state index in [9.17, 15) is 8.78 Å². The monoisotopic (exact) mass is 257 g/mol. The van der Waals surface area contributed by atoms with E-state index in [0.29, 0.717) is 5.56 Å². The molecule has 1 aromatic rings. The highest BCUT2D eigenvalue weighted by molar-refractivity contribution is 5.51. The topological polar surface area (TPSA) is 30.5 Å². The van der Waals surface area contributed by atoms with Gasteiger partial charge in [0.25, 0.3) is 0 Å². The Balaban J connectivity index is 2.63. The first-order chi connectivity index (χ1) is 8.53. The van der Waals surface area contributed by atoms with Crippen molar-refractivity contribution in [2.75, 3.05) is 20.8 Å². The van der Waals surface area contributed by atoms with Gasteiger partial charge in [-0.3, -0.25) is 0 Å². The van der Waals surface area contributed by atoms with Gasteiger partial charge in [0.15, 0.2) is 17.3 Å². The molecular formula is C13H17F2NO2. The number of hydrogen-bond donors (Lipinski definition) is 1. The van der Waals surface area contributed by atoms with Gasteiger partial charge >= 0.3 is 0 Å². The zero-order chi connectivity index (χ0) is 13.3. The van der Waals surface area contributed by atoms with Crippen molar-refractivity contribution in [2.45, 2.75) is 25.3 Å². The van der Waals surface area contributed by atoms with Crippen LogP contribution in [-0.4, -0.2) is 20.8 Å². The molecule has 1 fully saturated rings. The molecule has 100 valence electrons. The SMILES string of the molecule is COc1c(C2(C)CCCN2)cc(F)c(F)c1OC. The number of halogens is 2. The molecule has 0 spiro atoms. The second kappa shape index (κ2) is 4.72. The zero-order valence-corrected chi connectivity index (χ0v) is 10.8.